The first-order valence-electron chi connectivity index (χ1n) is 13.6. The van der Waals surface area contributed by atoms with Crippen molar-refractivity contribution >= 4 is 45.6 Å². The molecule has 0 unspecified atom stereocenters. The smallest absolute Gasteiger partial charge is 0.338 e. The molecule has 2 aromatic carbocycles. The molecule has 0 saturated carbocycles. The van der Waals surface area contributed by atoms with Gasteiger partial charge < -0.3 is 14.8 Å². The summed E-state index contributed by atoms with van der Waals surface area (Å²) >= 11 is 0. The highest BCUT2D eigenvalue weighted by Crippen LogP contribution is 2.17. The molecule has 0 aromatic heterocycles. The summed E-state index contributed by atoms with van der Waals surface area (Å²) in [5.41, 5.74) is -0.346. The van der Waals surface area contributed by atoms with Gasteiger partial charge in [-0.25, -0.2) is 22.7 Å². The predicted molar refractivity (Wildman–Crippen MR) is 155 cm³/mol. The largest absolute Gasteiger partial charge is 0.461 e. The van der Waals surface area contributed by atoms with Gasteiger partial charge in [0, 0.05) is 37.0 Å². The zero-order chi connectivity index (χ0) is 32.5. The van der Waals surface area contributed by atoms with Gasteiger partial charge in [0.15, 0.2) is 0 Å². The van der Waals surface area contributed by atoms with Gasteiger partial charge in [-0.15, -0.1) is 0 Å². The quantitative estimate of drug-likeness (QED) is 0.186. The second-order valence-electron chi connectivity index (χ2n) is 10.7. The highest BCUT2D eigenvalue weighted by molar-refractivity contribution is 7.90. The molecule has 13 nitrogen and oxygen atoms in total. The van der Waals surface area contributed by atoms with E-state index >= 15 is 0 Å². The van der Waals surface area contributed by atoms with Gasteiger partial charge in [-0.2, -0.15) is 0 Å². The van der Waals surface area contributed by atoms with Gasteiger partial charge in [-0.1, -0.05) is 57.2 Å². The number of benzene rings is 2. The summed E-state index contributed by atoms with van der Waals surface area (Å²) in [6.45, 7) is 3.75. The minimum absolute atomic E-state index is 0.0847. The molecule has 0 fully saturated rings. The molecular formula is C30H33N3O10S. The van der Waals surface area contributed by atoms with Crippen LogP contribution in [0.15, 0.2) is 71.6 Å². The lowest BCUT2D eigenvalue weighted by Gasteiger charge is -2.19. The molecule has 0 radical (unpaired) electrons. The lowest BCUT2D eigenvalue weighted by atomic mass is 9.96. The van der Waals surface area contributed by atoms with Gasteiger partial charge in [-0.05, 0) is 23.8 Å². The van der Waals surface area contributed by atoms with E-state index in [9.17, 15) is 37.2 Å². The number of rotatable bonds is 13. The fourth-order valence-corrected chi connectivity index (χ4v) is 4.97. The summed E-state index contributed by atoms with van der Waals surface area (Å²) in [5.74, 6) is -4.07. The van der Waals surface area contributed by atoms with Crippen molar-refractivity contribution in [1.82, 2.24) is 14.9 Å². The molecule has 0 saturated heterocycles. The number of ether oxygens (including phenoxy) is 2. The van der Waals surface area contributed by atoms with Crippen molar-refractivity contribution in [2.45, 2.75) is 44.6 Å². The summed E-state index contributed by atoms with van der Waals surface area (Å²) in [7, 11) is -4.25. The van der Waals surface area contributed by atoms with Crippen molar-refractivity contribution in [3.05, 3.63) is 77.9 Å². The van der Waals surface area contributed by atoms with E-state index in [1.807, 2.05) is 4.72 Å². The fraction of sp³-hybridized carbons (Fsp3) is 0.333. The van der Waals surface area contributed by atoms with Crippen molar-refractivity contribution in [2.24, 2.45) is 5.41 Å². The van der Waals surface area contributed by atoms with Gasteiger partial charge >= 0.3 is 11.9 Å². The van der Waals surface area contributed by atoms with Crippen LogP contribution in [0.3, 0.4) is 0 Å². The molecular weight excluding hydrogens is 594 g/mol. The van der Waals surface area contributed by atoms with E-state index in [-0.39, 0.29) is 43.1 Å². The van der Waals surface area contributed by atoms with Crippen LogP contribution in [0.2, 0.25) is 0 Å². The Morgan fingerprint density at radius 2 is 1.52 bits per heavy atom. The van der Waals surface area contributed by atoms with E-state index in [0.29, 0.717) is 0 Å². The molecule has 2 aromatic rings. The molecule has 1 atom stereocenters. The first-order chi connectivity index (χ1) is 20.7. The number of nitrogens with one attached hydrogen (secondary N) is 2. The van der Waals surface area contributed by atoms with Crippen LogP contribution >= 0.6 is 0 Å². The first kappa shape index (κ1) is 33.6. The third kappa shape index (κ3) is 9.59. The Morgan fingerprint density at radius 1 is 0.886 bits per heavy atom. The summed E-state index contributed by atoms with van der Waals surface area (Å²) < 4.78 is 37.5. The third-order valence-corrected chi connectivity index (χ3v) is 7.54. The van der Waals surface area contributed by atoms with Crippen molar-refractivity contribution in [3.8, 4) is 0 Å². The van der Waals surface area contributed by atoms with Gasteiger partial charge in [-0.3, -0.25) is 24.1 Å². The molecule has 2 N–H and O–H groups in total. The van der Waals surface area contributed by atoms with Crippen LogP contribution < -0.4 is 10.0 Å². The van der Waals surface area contributed by atoms with Crippen LogP contribution in [0.1, 0.15) is 43.1 Å². The van der Waals surface area contributed by atoms with Crippen molar-refractivity contribution in [1.29, 1.82) is 0 Å². The van der Waals surface area contributed by atoms with Crippen molar-refractivity contribution < 1.29 is 46.7 Å². The maximum Gasteiger partial charge on any atom is 0.338 e. The van der Waals surface area contributed by atoms with Gasteiger partial charge in [0.1, 0.15) is 19.3 Å². The molecule has 0 aliphatic carbocycles. The standard InChI is InChI=1S/C30H33N3O10S/c1-30(2,3)29(39)32-44(40,41)22-11-7-10-21(19-22)27(37)42-16-17-43-28(38)23(18-20-8-5-4-6-9-20)31-24(34)14-15-33-25(35)12-13-26(33)36/h4-13,19,23H,14-18H2,1-3H3,(H,31,34)(H,32,39)/t23-/m0/s1. The van der Waals surface area contributed by atoms with E-state index < -0.39 is 57.0 Å². The zero-order valence-electron chi connectivity index (χ0n) is 24.4. The minimum atomic E-state index is -4.25. The summed E-state index contributed by atoms with van der Waals surface area (Å²) in [6.07, 6.45) is 2.06. The second kappa shape index (κ2) is 14.6. The normalized spacial score (nSPS) is 13.8. The number of carbonyl (C=O) groups is 6. The van der Waals surface area contributed by atoms with E-state index in [2.05, 4.69) is 5.32 Å². The van der Waals surface area contributed by atoms with Crippen LogP contribution in [-0.2, 0) is 49.9 Å². The van der Waals surface area contributed by atoms with Crippen LogP contribution in [0.25, 0.3) is 0 Å². The highest BCUT2D eigenvalue weighted by Gasteiger charge is 2.28. The Balaban J connectivity index is 1.55. The van der Waals surface area contributed by atoms with E-state index in [0.717, 1.165) is 28.7 Å². The lowest BCUT2D eigenvalue weighted by Crippen LogP contribution is -2.45. The van der Waals surface area contributed by atoms with Crippen LogP contribution in [0.4, 0.5) is 0 Å². The molecule has 1 aliphatic rings. The molecule has 234 valence electrons. The zero-order valence-corrected chi connectivity index (χ0v) is 25.2. The maximum absolute atomic E-state index is 12.9. The minimum Gasteiger partial charge on any atom is -0.461 e. The highest BCUT2D eigenvalue weighted by atomic mass is 32.2. The molecule has 3 rings (SSSR count). The van der Waals surface area contributed by atoms with Crippen molar-refractivity contribution in [2.75, 3.05) is 19.8 Å². The monoisotopic (exact) mass is 627 g/mol. The van der Waals surface area contributed by atoms with Gasteiger partial charge in [0.25, 0.3) is 21.8 Å². The fourth-order valence-electron chi connectivity index (χ4n) is 3.76. The van der Waals surface area contributed by atoms with Gasteiger partial charge in [0.2, 0.25) is 11.8 Å². The Labute approximate surface area is 254 Å². The molecule has 4 amide bonds. The summed E-state index contributed by atoms with van der Waals surface area (Å²) in [4.78, 5) is 74.2. The number of sulfonamides is 1. The molecule has 44 heavy (non-hydrogen) atoms. The number of hydrogen-bond acceptors (Lipinski definition) is 10. The number of nitrogens with zero attached hydrogens (tertiary/aromatic N) is 1. The van der Waals surface area contributed by atoms with E-state index in [1.54, 1.807) is 51.1 Å². The number of carbonyl (C=O) groups excluding carboxylic acids is 6. The predicted octanol–water partition coefficient (Wildman–Crippen LogP) is 1.28. The third-order valence-electron chi connectivity index (χ3n) is 6.21. The van der Waals surface area contributed by atoms with Crippen LogP contribution in [0, 0.1) is 5.41 Å². The van der Waals surface area contributed by atoms with E-state index in [1.165, 1.54) is 18.2 Å². The SMILES string of the molecule is CC(C)(C)C(=O)NS(=O)(=O)c1cccc(C(=O)OCCOC(=O)[C@H](Cc2ccccc2)NC(=O)CCN2C(=O)C=CC2=O)c1. The Kier molecular flexibility index (Phi) is 11.1. The maximum atomic E-state index is 12.9. The topological polar surface area (TPSA) is 182 Å². The first-order valence-corrected chi connectivity index (χ1v) is 15.0. The second-order valence-corrected chi connectivity index (χ2v) is 12.4. The molecule has 14 heteroatoms. The lowest BCUT2D eigenvalue weighted by molar-refractivity contribution is -0.149. The number of hydrogen-bond donors (Lipinski definition) is 2. The molecule has 0 spiro atoms. The number of amides is 4. The number of imide groups is 1. The Hall–Kier alpha value is -4.85. The summed E-state index contributed by atoms with van der Waals surface area (Å²) in [5, 5.41) is 2.56. The van der Waals surface area contributed by atoms with E-state index in [4.69, 9.17) is 9.47 Å². The van der Waals surface area contributed by atoms with Crippen LogP contribution in [-0.4, -0.2) is 74.7 Å². The number of esters is 2. The Bertz CT molecular complexity index is 1540. The Morgan fingerprint density at radius 3 is 2.16 bits per heavy atom. The average molecular weight is 628 g/mol. The van der Waals surface area contributed by atoms with Gasteiger partial charge in [0.05, 0.1) is 10.5 Å². The summed E-state index contributed by atoms with van der Waals surface area (Å²) in [6, 6.07) is 12.6. The molecule has 1 heterocycles. The molecule has 1 aliphatic heterocycles. The molecule has 0 bridgehead atoms. The average Bonchev–Trinajstić information content (AvgIpc) is 3.29. The van der Waals surface area contributed by atoms with Crippen LogP contribution in [0.5, 0.6) is 0 Å². The van der Waals surface area contributed by atoms with Crippen molar-refractivity contribution in [3.63, 3.8) is 0 Å².